The summed E-state index contributed by atoms with van der Waals surface area (Å²) in [6, 6.07) is 11.1. The maximum atomic E-state index is 14.2. The zero-order valence-electron chi connectivity index (χ0n) is 25.4. The number of aryl methyl sites for hydroxylation is 2. The van der Waals surface area contributed by atoms with E-state index < -0.39 is 12.0 Å². The molecule has 0 unspecified atom stereocenters. The number of aromatic nitrogens is 2. The second kappa shape index (κ2) is 12.2. The highest BCUT2D eigenvalue weighted by Crippen LogP contribution is 2.35. The van der Waals surface area contributed by atoms with Gasteiger partial charge in [0.1, 0.15) is 16.8 Å². The van der Waals surface area contributed by atoms with E-state index in [4.69, 9.17) is 14.5 Å². The minimum absolute atomic E-state index is 0.212. The second-order valence-electron chi connectivity index (χ2n) is 10.4. The van der Waals surface area contributed by atoms with Crippen LogP contribution in [0, 0.1) is 39.0 Å². The Hall–Kier alpha value is -4.20. The highest BCUT2D eigenvalue weighted by atomic mass is 32.1. The summed E-state index contributed by atoms with van der Waals surface area (Å²) in [6.07, 6.45) is 3.24. The topological polar surface area (TPSA) is 98.6 Å². The number of fused-ring (bicyclic) bond motifs is 1. The Morgan fingerprint density at radius 1 is 1.16 bits per heavy atom. The van der Waals surface area contributed by atoms with E-state index in [-0.39, 0.29) is 12.2 Å². The molecule has 4 heterocycles. The number of hydrogen-bond donors (Lipinski definition) is 0. The van der Waals surface area contributed by atoms with E-state index in [1.165, 1.54) is 11.3 Å². The van der Waals surface area contributed by atoms with Crippen LogP contribution < -0.4 is 19.6 Å². The van der Waals surface area contributed by atoms with E-state index in [2.05, 4.69) is 10.6 Å². The molecule has 0 spiro atoms. The molecule has 1 aliphatic heterocycles. The van der Waals surface area contributed by atoms with Crippen LogP contribution >= 0.6 is 22.7 Å². The van der Waals surface area contributed by atoms with Crippen molar-refractivity contribution in [3.63, 3.8) is 0 Å². The number of allylic oxidation sites excluding steroid dienone is 1. The molecule has 0 aliphatic carbocycles. The Labute approximate surface area is 258 Å². The fourth-order valence-corrected chi connectivity index (χ4v) is 7.76. The van der Waals surface area contributed by atoms with E-state index in [0.717, 1.165) is 44.4 Å². The molecule has 1 atom stereocenters. The summed E-state index contributed by atoms with van der Waals surface area (Å²) >= 11 is 2.90. The molecule has 222 valence electrons. The lowest BCUT2D eigenvalue weighted by Gasteiger charge is -2.26. The third-order valence-electron chi connectivity index (χ3n) is 7.74. The monoisotopic (exact) mass is 614 g/mol. The molecule has 4 aromatic rings. The minimum atomic E-state index is -0.711. The quantitative estimate of drug-likeness (QED) is 0.243. The molecule has 0 bridgehead atoms. The zero-order chi connectivity index (χ0) is 31.0. The van der Waals surface area contributed by atoms with Gasteiger partial charge < -0.3 is 14.0 Å². The van der Waals surface area contributed by atoms with Gasteiger partial charge in [0.2, 0.25) is 0 Å². The largest absolute Gasteiger partial charge is 0.497 e. The number of hydrogen-bond acceptors (Lipinski definition) is 8. The average Bonchev–Trinajstić information content (AvgIpc) is 3.56. The fraction of sp³-hybridized carbons (Fsp3) is 0.333. The summed E-state index contributed by atoms with van der Waals surface area (Å²) in [6.45, 7) is 12.0. The number of thiophene rings is 1. The number of ether oxygens (including phenoxy) is 2. The van der Waals surface area contributed by atoms with E-state index in [0.29, 0.717) is 38.3 Å². The summed E-state index contributed by atoms with van der Waals surface area (Å²) < 4.78 is 15.2. The molecular weight excluding hydrogens is 581 g/mol. The molecule has 8 nitrogen and oxygen atoms in total. The molecule has 3 aromatic heterocycles. The molecule has 10 heteroatoms. The maximum Gasteiger partial charge on any atom is 0.338 e. The highest BCUT2D eigenvalue weighted by Gasteiger charge is 2.34. The molecule has 0 amide bonds. The van der Waals surface area contributed by atoms with Gasteiger partial charge in [0.05, 0.1) is 41.1 Å². The number of esters is 1. The van der Waals surface area contributed by atoms with Gasteiger partial charge in [-0.3, -0.25) is 9.36 Å². The van der Waals surface area contributed by atoms with Gasteiger partial charge >= 0.3 is 5.97 Å². The second-order valence-corrected chi connectivity index (χ2v) is 12.6. The van der Waals surface area contributed by atoms with Crippen LogP contribution in [0.15, 0.2) is 51.4 Å². The van der Waals surface area contributed by atoms with Crippen molar-refractivity contribution in [2.24, 2.45) is 4.99 Å². The van der Waals surface area contributed by atoms with Crippen molar-refractivity contribution in [1.82, 2.24) is 9.13 Å². The molecule has 0 saturated carbocycles. The number of rotatable bonds is 8. The van der Waals surface area contributed by atoms with E-state index in [1.54, 1.807) is 29.9 Å². The number of thiazole rings is 1. The lowest BCUT2D eigenvalue weighted by molar-refractivity contribution is -0.139. The number of nitriles is 1. The molecule has 0 saturated heterocycles. The predicted octanol–water partition coefficient (Wildman–Crippen LogP) is 5.54. The van der Waals surface area contributed by atoms with Crippen LogP contribution in [-0.4, -0.2) is 28.8 Å². The van der Waals surface area contributed by atoms with Crippen LogP contribution in [0.5, 0.6) is 5.75 Å². The maximum absolute atomic E-state index is 14.2. The van der Waals surface area contributed by atoms with Gasteiger partial charge in [0, 0.05) is 16.3 Å². The van der Waals surface area contributed by atoms with Crippen molar-refractivity contribution in [2.45, 2.75) is 60.4 Å². The van der Waals surface area contributed by atoms with Gasteiger partial charge in [0.25, 0.3) is 5.56 Å². The minimum Gasteiger partial charge on any atom is -0.497 e. The van der Waals surface area contributed by atoms with Crippen molar-refractivity contribution in [2.75, 3.05) is 13.7 Å². The van der Waals surface area contributed by atoms with Crippen LogP contribution in [0.4, 0.5) is 0 Å². The molecule has 1 aliphatic rings. The third kappa shape index (κ3) is 5.28. The van der Waals surface area contributed by atoms with E-state index >= 15 is 0 Å². The summed E-state index contributed by atoms with van der Waals surface area (Å²) in [7, 11) is 1.59. The first kappa shape index (κ1) is 30.3. The highest BCUT2D eigenvalue weighted by molar-refractivity contribution is 7.15. The number of methoxy groups -OCH3 is 1. The standard InChI is InChI=1S/C33H34N4O4S2/c1-8-11-26-28(32(39)41-9-2)29(22-12-10-13-24(15-22)40-7)37-30(38)27(43-33(37)35-26)16-23-14-18(3)36(20(23)5)31-25(17-34)19(4)21(6)42-31/h10,12-16,29H,8-9,11H2,1-7H3/b27-16+/t29-/m1/s1. The normalized spacial score (nSPS) is 14.8. The molecule has 1 aromatic carbocycles. The SMILES string of the molecule is CCCC1=C(C(=O)OCC)[C@@H](c2cccc(OC)c2)n2c(s/c(=C/c3cc(C)n(-c4sc(C)c(C)c4C#N)c3C)c2=O)=N1. The molecular formula is C33H34N4O4S2. The Morgan fingerprint density at radius 3 is 2.60 bits per heavy atom. The Morgan fingerprint density at radius 2 is 1.93 bits per heavy atom. The summed E-state index contributed by atoms with van der Waals surface area (Å²) in [5.41, 5.74) is 5.96. The first-order chi connectivity index (χ1) is 20.6. The number of carbonyl (C=O) groups excluding carboxylic acids is 1. The fourth-order valence-electron chi connectivity index (χ4n) is 5.53. The van der Waals surface area contributed by atoms with Gasteiger partial charge in [-0.2, -0.15) is 5.26 Å². The van der Waals surface area contributed by atoms with Crippen molar-refractivity contribution in [3.8, 4) is 16.8 Å². The molecule has 0 N–H and O–H groups in total. The van der Waals surface area contributed by atoms with Crippen LogP contribution in [0.2, 0.25) is 0 Å². The van der Waals surface area contributed by atoms with Crippen molar-refractivity contribution >= 4 is 34.7 Å². The van der Waals surface area contributed by atoms with Crippen molar-refractivity contribution in [3.05, 3.63) is 99.8 Å². The smallest absolute Gasteiger partial charge is 0.338 e. The molecule has 0 fully saturated rings. The van der Waals surface area contributed by atoms with Gasteiger partial charge in [-0.25, -0.2) is 9.79 Å². The lowest BCUT2D eigenvalue weighted by atomic mass is 9.94. The van der Waals surface area contributed by atoms with E-state index in [1.807, 2.05) is 71.0 Å². The first-order valence-electron chi connectivity index (χ1n) is 14.2. The van der Waals surface area contributed by atoms with Gasteiger partial charge in [-0.1, -0.05) is 36.8 Å². The first-order valence-corrected chi connectivity index (χ1v) is 15.8. The van der Waals surface area contributed by atoms with Crippen LogP contribution in [0.3, 0.4) is 0 Å². The van der Waals surface area contributed by atoms with Gasteiger partial charge in [0.15, 0.2) is 4.80 Å². The van der Waals surface area contributed by atoms with Crippen LogP contribution in [0.1, 0.15) is 71.2 Å². The summed E-state index contributed by atoms with van der Waals surface area (Å²) in [5.74, 6) is 0.148. The average molecular weight is 615 g/mol. The van der Waals surface area contributed by atoms with Crippen LogP contribution in [-0.2, 0) is 9.53 Å². The predicted molar refractivity (Wildman–Crippen MR) is 170 cm³/mol. The third-order valence-corrected chi connectivity index (χ3v) is 9.92. The molecule has 43 heavy (non-hydrogen) atoms. The number of carbonyl (C=O) groups is 1. The Bertz CT molecular complexity index is 2000. The summed E-state index contributed by atoms with van der Waals surface area (Å²) in [4.78, 5) is 34.1. The van der Waals surface area contributed by atoms with Crippen molar-refractivity contribution in [1.29, 1.82) is 5.26 Å². The Balaban J connectivity index is 1.74. The zero-order valence-corrected chi connectivity index (χ0v) is 27.0. The summed E-state index contributed by atoms with van der Waals surface area (Å²) in [5, 5.41) is 10.8. The lowest BCUT2D eigenvalue weighted by Crippen LogP contribution is -2.40. The van der Waals surface area contributed by atoms with Gasteiger partial charge in [-0.15, -0.1) is 11.3 Å². The molecule has 5 rings (SSSR count). The van der Waals surface area contributed by atoms with Crippen LogP contribution in [0.25, 0.3) is 11.1 Å². The number of benzene rings is 1. The Kier molecular flexibility index (Phi) is 8.58. The van der Waals surface area contributed by atoms with E-state index in [9.17, 15) is 14.9 Å². The molecule has 0 radical (unpaired) electrons. The van der Waals surface area contributed by atoms with Crippen molar-refractivity contribution < 1.29 is 14.3 Å². The number of nitrogens with zero attached hydrogens (tertiary/aromatic N) is 4. The van der Waals surface area contributed by atoms with Gasteiger partial charge in [-0.05, 0) is 82.0 Å².